The van der Waals surface area contributed by atoms with Gasteiger partial charge in [0.1, 0.15) is 0 Å². The third-order valence-electron chi connectivity index (χ3n) is 3.19. The highest BCUT2D eigenvalue weighted by Gasteiger charge is 2.40. The second-order valence-corrected chi connectivity index (χ2v) is 4.83. The van der Waals surface area contributed by atoms with Gasteiger partial charge >= 0.3 is 0 Å². The second-order valence-electron chi connectivity index (χ2n) is 3.89. The van der Waals surface area contributed by atoms with Crippen molar-refractivity contribution in [3.8, 4) is 0 Å². The van der Waals surface area contributed by atoms with Crippen molar-refractivity contribution in [3.63, 3.8) is 0 Å². The van der Waals surface area contributed by atoms with Crippen molar-refractivity contribution >= 4 is 11.8 Å². The van der Waals surface area contributed by atoms with Crippen LogP contribution in [0.2, 0.25) is 0 Å². The van der Waals surface area contributed by atoms with Gasteiger partial charge in [-0.1, -0.05) is 30.4 Å². The summed E-state index contributed by atoms with van der Waals surface area (Å²) < 4.78 is 0. The number of rotatable bonds is 0. The summed E-state index contributed by atoms with van der Waals surface area (Å²) >= 11 is 1.95. The number of allylic oxidation sites excluding steroid dienone is 2. The molecule has 1 nitrogen and oxygen atoms in total. The number of hydrogen-bond acceptors (Lipinski definition) is 2. The maximum absolute atomic E-state index is 3.66. The highest BCUT2D eigenvalue weighted by Crippen LogP contribution is 2.37. The normalized spacial score (nSPS) is 46.2. The van der Waals surface area contributed by atoms with Gasteiger partial charge in [0, 0.05) is 23.8 Å². The monoisotopic (exact) mass is 191 g/mol. The van der Waals surface area contributed by atoms with Crippen molar-refractivity contribution in [3.05, 3.63) is 35.8 Å². The van der Waals surface area contributed by atoms with Crippen LogP contribution in [0.3, 0.4) is 0 Å². The summed E-state index contributed by atoms with van der Waals surface area (Å²) in [6.07, 6.45) is 11.3. The molecule has 0 aromatic rings. The van der Waals surface area contributed by atoms with Crippen molar-refractivity contribution in [1.82, 2.24) is 5.32 Å². The van der Waals surface area contributed by atoms with Crippen LogP contribution in [0.5, 0.6) is 0 Å². The summed E-state index contributed by atoms with van der Waals surface area (Å²) in [6.45, 7) is 0. The standard InChI is InChI=1S/C11H13NS/c1-2-4-10-8(3-1)9-7-13-6-5-11(9)12-10/h1-6,8-12H,7H2. The maximum atomic E-state index is 3.66. The van der Waals surface area contributed by atoms with Crippen molar-refractivity contribution in [2.45, 2.75) is 12.1 Å². The molecule has 0 bridgehead atoms. The van der Waals surface area contributed by atoms with Gasteiger partial charge in [-0.3, -0.25) is 0 Å². The molecule has 2 aliphatic heterocycles. The van der Waals surface area contributed by atoms with Crippen molar-refractivity contribution in [2.24, 2.45) is 11.8 Å². The van der Waals surface area contributed by atoms with E-state index in [0.717, 1.165) is 11.8 Å². The van der Waals surface area contributed by atoms with Crippen LogP contribution in [0.1, 0.15) is 0 Å². The van der Waals surface area contributed by atoms with Crippen LogP contribution < -0.4 is 5.32 Å². The van der Waals surface area contributed by atoms with Crippen molar-refractivity contribution in [2.75, 3.05) is 5.75 Å². The maximum Gasteiger partial charge on any atom is 0.0325 e. The van der Waals surface area contributed by atoms with Gasteiger partial charge in [-0.2, -0.15) is 0 Å². The SMILES string of the molecule is C1=CC2NC3C=CSCC3C2C=C1. The first-order valence-electron chi connectivity index (χ1n) is 4.84. The lowest BCUT2D eigenvalue weighted by atomic mass is 9.86. The quantitative estimate of drug-likeness (QED) is 0.628. The van der Waals surface area contributed by atoms with Crippen LogP contribution in [-0.4, -0.2) is 17.8 Å². The van der Waals surface area contributed by atoms with E-state index in [1.807, 2.05) is 11.8 Å². The van der Waals surface area contributed by atoms with Crippen LogP contribution in [0, 0.1) is 11.8 Å². The fourth-order valence-electron chi connectivity index (χ4n) is 2.51. The molecule has 2 heteroatoms. The number of hydrogen-bond donors (Lipinski definition) is 1. The van der Waals surface area contributed by atoms with Crippen LogP contribution in [0.4, 0.5) is 0 Å². The van der Waals surface area contributed by atoms with E-state index in [9.17, 15) is 0 Å². The molecule has 3 rings (SSSR count). The minimum absolute atomic E-state index is 0.586. The molecule has 1 N–H and O–H groups in total. The summed E-state index contributed by atoms with van der Waals surface area (Å²) in [4.78, 5) is 0. The first-order valence-corrected chi connectivity index (χ1v) is 5.89. The van der Waals surface area contributed by atoms with Gasteiger partial charge in [0.05, 0.1) is 0 Å². The Balaban J connectivity index is 1.91. The number of thioether (sulfide) groups is 1. The van der Waals surface area contributed by atoms with Gasteiger partial charge in [-0.15, -0.1) is 11.8 Å². The lowest BCUT2D eigenvalue weighted by molar-refractivity contribution is 0.485. The molecule has 0 spiro atoms. The average Bonchev–Trinajstić information content (AvgIpc) is 2.56. The minimum atomic E-state index is 0.586. The Bertz CT molecular complexity index is 292. The Kier molecular flexibility index (Phi) is 1.84. The van der Waals surface area contributed by atoms with Crippen molar-refractivity contribution in [1.29, 1.82) is 0 Å². The zero-order chi connectivity index (χ0) is 8.67. The second kappa shape index (κ2) is 3.03. The lowest BCUT2D eigenvalue weighted by Gasteiger charge is -2.23. The predicted molar refractivity (Wildman–Crippen MR) is 57.6 cm³/mol. The Hall–Kier alpha value is -0.470. The predicted octanol–water partition coefficient (Wildman–Crippen LogP) is 1.95. The molecule has 68 valence electrons. The minimum Gasteiger partial charge on any atom is -0.303 e. The van der Waals surface area contributed by atoms with Crippen LogP contribution in [-0.2, 0) is 0 Å². The lowest BCUT2D eigenvalue weighted by Crippen LogP contribution is -2.30. The Morgan fingerprint density at radius 3 is 3.00 bits per heavy atom. The Labute approximate surface area is 83.0 Å². The molecule has 0 amide bonds. The van der Waals surface area contributed by atoms with Gasteiger partial charge in [0.15, 0.2) is 0 Å². The summed E-state index contributed by atoms with van der Waals surface area (Å²) in [5.41, 5.74) is 0. The van der Waals surface area contributed by atoms with E-state index in [4.69, 9.17) is 0 Å². The highest BCUT2D eigenvalue weighted by atomic mass is 32.2. The van der Waals surface area contributed by atoms with Gasteiger partial charge in [0.25, 0.3) is 0 Å². The zero-order valence-electron chi connectivity index (χ0n) is 7.39. The molecular formula is C11H13NS. The van der Waals surface area contributed by atoms with Gasteiger partial charge in [0.2, 0.25) is 0 Å². The van der Waals surface area contributed by atoms with E-state index >= 15 is 0 Å². The molecule has 1 saturated heterocycles. The van der Waals surface area contributed by atoms with Crippen LogP contribution in [0.15, 0.2) is 35.8 Å². The molecule has 4 atom stereocenters. The number of fused-ring (bicyclic) bond motifs is 3. The van der Waals surface area contributed by atoms with E-state index in [-0.39, 0.29) is 0 Å². The largest absolute Gasteiger partial charge is 0.303 e. The van der Waals surface area contributed by atoms with E-state index in [2.05, 4.69) is 41.1 Å². The molecule has 4 unspecified atom stereocenters. The smallest absolute Gasteiger partial charge is 0.0325 e. The third kappa shape index (κ3) is 1.20. The number of nitrogens with one attached hydrogen (secondary N) is 1. The molecule has 13 heavy (non-hydrogen) atoms. The molecule has 3 aliphatic rings. The topological polar surface area (TPSA) is 12.0 Å². The molecule has 1 fully saturated rings. The molecule has 0 saturated carbocycles. The Morgan fingerprint density at radius 1 is 1.08 bits per heavy atom. The molecule has 0 radical (unpaired) electrons. The van der Waals surface area contributed by atoms with E-state index in [0.29, 0.717) is 12.1 Å². The van der Waals surface area contributed by atoms with E-state index in [1.54, 1.807) is 0 Å². The summed E-state index contributed by atoms with van der Waals surface area (Å²) in [5, 5.41) is 5.89. The zero-order valence-corrected chi connectivity index (χ0v) is 8.21. The fraction of sp³-hybridized carbons (Fsp3) is 0.455. The van der Waals surface area contributed by atoms with E-state index in [1.165, 1.54) is 5.75 Å². The Morgan fingerprint density at radius 2 is 2.00 bits per heavy atom. The third-order valence-corrected chi connectivity index (χ3v) is 4.12. The van der Waals surface area contributed by atoms with Gasteiger partial charge < -0.3 is 5.32 Å². The molecule has 0 aromatic heterocycles. The fourth-order valence-corrected chi connectivity index (χ4v) is 3.55. The van der Waals surface area contributed by atoms with Crippen LogP contribution >= 0.6 is 11.8 Å². The average molecular weight is 191 g/mol. The van der Waals surface area contributed by atoms with E-state index < -0.39 is 0 Å². The summed E-state index contributed by atoms with van der Waals surface area (Å²) in [6, 6.07) is 1.20. The summed E-state index contributed by atoms with van der Waals surface area (Å²) in [5.74, 6) is 2.81. The molecule has 2 heterocycles. The highest BCUT2D eigenvalue weighted by molar-refractivity contribution is 8.02. The summed E-state index contributed by atoms with van der Waals surface area (Å²) in [7, 11) is 0. The van der Waals surface area contributed by atoms with Crippen molar-refractivity contribution < 1.29 is 0 Å². The first kappa shape index (κ1) is 7.89. The first-order chi connectivity index (χ1) is 6.45. The molecular weight excluding hydrogens is 178 g/mol. The van der Waals surface area contributed by atoms with Crippen LogP contribution in [0.25, 0.3) is 0 Å². The molecule has 0 aromatic carbocycles. The molecule has 1 aliphatic carbocycles. The van der Waals surface area contributed by atoms with Gasteiger partial charge in [-0.25, -0.2) is 0 Å². The van der Waals surface area contributed by atoms with Gasteiger partial charge in [-0.05, 0) is 11.3 Å².